The third kappa shape index (κ3) is 12.2. The van der Waals surface area contributed by atoms with Gasteiger partial charge in [0.25, 0.3) is 20.2 Å². The topological polar surface area (TPSA) is 156 Å². The van der Waals surface area contributed by atoms with Gasteiger partial charge in [-0.1, -0.05) is 74.5 Å². The first-order chi connectivity index (χ1) is 31.5. The van der Waals surface area contributed by atoms with Gasteiger partial charge in [0.2, 0.25) is 5.69 Å². The van der Waals surface area contributed by atoms with Crippen molar-refractivity contribution < 1.29 is 30.5 Å². The molecule has 12 nitrogen and oxygen atoms in total. The van der Waals surface area contributed by atoms with Gasteiger partial charge in [-0.25, -0.2) is 0 Å². The maximum atomic E-state index is 11.6. The molecule has 4 heterocycles. The van der Waals surface area contributed by atoms with Crippen LogP contribution in [0.25, 0.3) is 0 Å². The molecule has 0 radical (unpaired) electrons. The van der Waals surface area contributed by atoms with Crippen LogP contribution in [-0.4, -0.2) is 88.8 Å². The Kier molecular flexibility index (Phi) is 15.6. The van der Waals surface area contributed by atoms with Crippen LogP contribution in [0.2, 0.25) is 0 Å². The van der Waals surface area contributed by atoms with Crippen molar-refractivity contribution >= 4 is 37.3 Å². The van der Waals surface area contributed by atoms with Gasteiger partial charge in [-0.3, -0.25) is 24.0 Å². The van der Waals surface area contributed by atoms with Gasteiger partial charge < -0.3 is 10.2 Å². The molecule has 1 aliphatic carbocycles. The average Bonchev–Trinajstić information content (AvgIpc) is 3.63. The fourth-order valence-electron chi connectivity index (χ4n) is 9.71. The summed E-state index contributed by atoms with van der Waals surface area (Å²) in [5.74, 6) is -0.527. The van der Waals surface area contributed by atoms with E-state index in [1.54, 1.807) is 0 Å². The molecule has 14 heteroatoms. The highest BCUT2D eigenvalue weighted by molar-refractivity contribution is 7.86. The first-order valence-electron chi connectivity index (χ1n) is 23.1. The minimum atomic E-state index is -4.04. The highest BCUT2D eigenvalue weighted by Crippen LogP contribution is 2.48. The van der Waals surface area contributed by atoms with Crippen molar-refractivity contribution in [2.45, 2.75) is 96.6 Å². The molecule has 2 aliphatic heterocycles. The maximum absolute atomic E-state index is 11.6. The molecular weight excluding hydrogens is 869 g/mol. The number of nitrogens with one attached hydrogen (secondary N) is 1. The van der Waals surface area contributed by atoms with Gasteiger partial charge >= 0.3 is 0 Å². The summed E-state index contributed by atoms with van der Waals surface area (Å²) in [6.45, 7) is 12.9. The minimum absolute atomic E-state index is 0.263. The number of unbranched alkanes of at least 4 members (excludes halogenated alkanes) is 2. The molecule has 3 N–H and O–H groups in total. The Balaban J connectivity index is 1.25. The zero-order chi connectivity index (χ0) is 47.0. The predicted molar refractivity (Wildman–Crippen MR) is 264 cm³/mol. The van der Waals surface area contributed by atoms with E-state index < -0.39 is 20.2 Å². The third-order valence-electron chi connectivity index (χ3n) is 13.0. The number of rotatable bonds is 21. The maximum Gasteiger partial charge on any atom is 0.264 e. The summed E-state index contributed by atoms with van der Waals surface area (Å²) >= 11 is 0. The lowest BCUT2D eigenvalue weighted by Gasteiger charge is -2.28. The van der Waals surface area contributed by atoms with Crippen molar-refractivity contribution in [3.8, 4) is 0 Å². The molecule has 3 aliphatic rings. The van der Waals surface area contributed by atoms with E-state index >= 15 is 0 Å². The number of aromatic nitrogens is 2. The Hall–Kier alpha value is -5.25. The van der Waals surface area contributed by atoms with E-state index in [4.69, 9.17) is 0 Å². The highest BCUT2D eigenvalue weighted by Gasteiger charge is 2.44. The normalized spacial score (nSPS) is 18.3. The molecule has 0 amide bonds. The van der Waals surface area contributed by atoms with Crippen LogP contribution in [0, 0.1) is 0 Å². The Bertz CT molecular complexity index is 2690. The summed E-state index contributed by atoms with van der Waals surface area (Å²) in [5, 5.41) is 3.94. The zero-order valence-electron chi connectivity index (χ0n) is 38.7. The van der Waals surface area contributed by atoms with Crippen molar-refractivity contribution in [1.82, 2.24) is 20.2 Å². The molecule has 0 saturated carbocycles. The van der Waals surface area contributed by atoms with Gasteiger partial charge in [-0.05, 0) is 105 Å². The number of para-hydroxylation sites is 2. The predicted octanol–water partition coefficient (Wildman–Crippen LogP) is 9.08. The molecule has 350 valence electrons. The van der Waals surface area contributed by atoms with E-state index in [0.29, 0.717) is 58.4 Å². The smallest absolute Gasteiger partial charge is 0.264 e. The van der Waals surface area contributed by atoms with Crippen LogP contribution in [0.4, 0.5) is 11.4 Å². The average molecular weight is 934 g/mol. The number of nitrogens with zero attached hydrogens (tertiary/aromatic N) is 5. The van der Waals surface area contributed by atoms with Crippen LogP contribution in [-0.2, 0) is 44.2 Å². The second kappa shape index (κ2) is 21.1. The van der Waals surface area contributed by atoms with Crippen molar-refractivity contribution in [3.05, 3.63) is 167 Å². The van der Waals surface area contributed by atoms with E-state index in [0.717, 1.165) is 65.7 Å². The standard InChI is InChI=1S/C52H64N6O6S2/c1-51(2)44-22-5-7-24-46(44)57(33-13-15-36-65(59,60)61)48(51)28-26-40-18-17-19-41(50(40)55-32-35-56(38-42-20-9-11-30-53-42)39-43-21-10-12-31-54-43)27-29-49-52(3,4)45-23-6-8-25-47(45)58(49)34-14-16-37-66(62,63)64/h5-12,20-31H,13-19,32-39H2,1-4H3,(H2,59,60,61,62,63,64)/p+1/b40-26+,48-28+. The Morgan fingerprint density at radius 1 is 0.727 bits per heavy atom. The summed E-state index contributed by atoms with van der Waals surface area (Å²) in [6.07, 6.45) is 17.4. The quantitative estimate of drug-likeness (QED) is 0.0416. The molecule has 66 heavy (non-hydrogen) atoms. The van der Waals surface area contributed by atoms with Gasteiger partial charge in [0.05, 0.1) is 28.3 Å². The molecule has 4 aromatic rings. The number of hydrogen-bond acceptors (Lipinski definition) is 9. The summed E-state index contributed by atoms with van der Waals surface area (Å²) < 4.78 is 67.5. The fourth-order valence-corrected chi connectivity index (χ4v) is 10.8. The van der Waals surface area contributed by atoms with Crippen LogP contribution in [0.15, 0.2) is 144 Å². The minimum Gasteiger partial charge on any atom is -0.383 e. The number of hydrogen-bond donors (Lipinski definition) is 3. The second-order valence-corrected chi connectivity index (χ2v) is 21.7. The molecule has 0 unspecified atom stereocenters. The van der Waals surface area contributed by atoms with Gasteiger partial charge in [0.15, 0.2) is 5.71 Å². The van der Waals surface area contributed by atoms with Crippen LogP contribution in [0.5, 0.6) is 0 Å². The Labute approximate surface area is 392 Å². The van der Waals surface area contributed by atoms with E-state index in [9.17, 15) is 25.9 Å². The third-order valence-corrected chi connectivity index (χ3v) is 14.6. The second-order valence-electron chi connectivity index (χ2n) is 18.6. The number of pyridine rings is 2. The largest absolute Gasteiger partial charge is 0.383 e. The van der Waals surface area contributed by atoms with Gasteiger partial charge in [0.1, 0.15) is 6.54 Å². The van der Waals surface area contributed by atoms with Gasteiger partial charge in [-0.15, -0.1) is 0 Å². The first kappa shape index (κ1) is 48.7. The molecule has 0 bridgehead atoms. The molecule has 2 aromatic carbocycles. The highest BCUT2D eigenvalue weighted by atomic mass is 32.2. The number of allylic oxidation sites excluding steroid dienone is 7. The molecule has 0 atom stereocenters. The van der Waals surface area contributed by atoms with Gasteiger partial charge in [0, 0.05) is 91.7 Å². The van der Waals surface area contributed by atoms with Crippen LogP contribution in [0.1, 0.15) is 95.2 Å². The monoisotopic (exact) mass is 933 g/mol. The zero-order valence-corrected chi connectivity index (χ0v) is 40.4. The van der Waals surface area contributed by atoms with E-state index in [1.807, 2.05) is 48.8 Å². The van der Waals surface area contributed by atoms with Crippen LogP contribution >= 0.6 is 0 Å². The van der Waals surface area contributed by atoms with Crippen molar-refractivity contribution in [2.75, 3.05) is 42.6 Å². The van der Waals surface area contributed by atoms with E-state index in [1.165, 1.54) is 22.3 Å². The van der Waals surface area contributed by atoms with Crippen molar-refractivity contribution in [2.24, 2.45) is 0 Å². The molecule has 0 saturated heterocycles. The van der Waals surface area contributed by atoms with Crippen molar-refractivity contribution in [3.63, 3.8) is 0 Å². The van der Waals surface area contributed by atoms with Gasteiger partial charge in [-0.2, -0.15) is 21.4 Å². The lowest BCUT2D eigenvalue weighted by molar-refractivity contribution is -0.438. The molecule has 2 aromatic heterocycles. The first-order valence-corrected chi connectivity index (χ1v) is 26.3. The Morgan fingerprint density at radius 3 is 2.00 bits per heavy atom. The molecule has 0 spiro atoms. The summed E-state index contributed by atoms with van der Waals surface area (Å²) in [7, 11) is -8.09. The number of anilines is 1. The fraction of sp³-hybridized carbons (Fsp3) is 0.404. The summed E-state index contributed by atoms with van der Waals surface area (Å²) in [4.78, 5) is 14.0. The van der Waals surface area contributed by atoms with Crippen LogP contribution < -0.4 is 10.2 Å². The lowest BCUT2D eigenvalue weighted by atomic mass is 9.81. The van der Waals surface area contributed by atoms with E-state index in [2.05, 4.69) is 130 Å². The van der Waals surface area contributed by atoms with Crippen molar-refractivity contribution in [1.29, 1.82) is 0 Å². The van der Waals surface area contributed by atoms with E-state index in [-0.39, 0.29) is 22.3 Å². The summed E-state index contributed by atoms with van der Waals surface area (Å²) in [5.41, 5.74) is 11.8. The molecular formula is C52H65N6O6S2+. The lowest BCUT2D eigenvalue weighted by Crippen LogP contribution is -2.33. The van der Waals surface area contributed by atoms with Crippen LogP contribution in [0.3, 0.4) is 0 Å². The SMILES string of the molecule is CC1(C)C(C=CC2=C(NCCN(Cc3ccccn3)Cc3ccccn3)/C(=C/C=C3/N(CCCCS(=O)(=O)O)c4ccccc4C3(C)C)CCC2)=[N+](CCCCS(=O)(=O)O)c2ccccc21. The molecule has 0 fully saturated rings. The number of fused-ring (bicyclic) bond motifs is 2. The summed E-state index contributed by atoms with van der Waals surface area (Å²) in [6, 6.07) is 28.8. The number of benzene rings is 2. The Morgan fingerprint density at radius 2 is 1.35 bits per heavy atom. The molecule has 7 rings (SSSR count).